The van der Waals surface area contributed by atoms with Gasteiger partial charge in [-0.05, 0) is 32.4 Å². The van der Waals surface area contributed by atoms with Crippen molar-refractivity contribution in [2.75, 3.05) is 18.6 Å². The normalized spacial score (nSPS) is 17.7. The first-order valence-electron chi connectivity index (χ1n) is 10.6. The van der Waals surface area contributed by atoms with E-state index in [1.807, 2.05) is 19.9 Å². The third kappa shape index (κ3) is 4.45. The highest BCUT2D eigenvalue weighted by molar-refractivity contribution is 7.91. The average Bonchev–Trinajstić information content (AvgIpc) is 3.25. The van der Waals surface area contributed by atoms with E-state index in [4.69, 9.17) is 0 Å². The van der Waals surface area contributed by atoms with Gasteiger partial charge in [-0.25, -0.2) is 13.4 Å². The number of para-hydroxylation sites is 1. The number of rotatable bonds is 6. The van der Waals surface area contributed by atoms with Gasteiger partial charge in [0.15, 0.2) is 9.84 Å². The lowest BCUT2D eigenvalue weighted by atomic mass is 10.1. The minimum Gasteiger partial charge on any atom is -0.341 e. The molecule has 1 aliphatic heterocycles. The summed E-state index contributed by atoms with van der Waals surface area (Å²) in [6.45, 7) is 4.18. The standard InChI is InChI=1S/C22H27N5O4S/c1-14-18(15(2)27(25-14)16-10-11-32(30,31)13-16)12-26(3)21(28)9-8-20-23-19-7-5-4-6-17(19)22(29)24-20/h4-7,16H,8-13H2,1-3H3,(H,23,24,29)/t16-/m0/s1. The molecule has 1 N–H and O–H groups in total. The zero-order chi connectivity index (χ0) is 23.0. The van der Waals surface area contributed by atoms with Crippen molar-refractivity contribution in [2.24, 2.45) is 0 Å². The number of aryl methyl sites for hydroxylation is 2. The van der Waals surface area contributed by atoms with Crippen LogP contribution in [-0.4, -0.2) is 57.5 Å². The summed E-state index contributed by atoms with van der Waals surface area (Å²) in [6.07, 6.45) is 1.11. The van der Waals surface area contributed by atoms with Crippen molar-refractivity contribution < 1.29 is 13.2 Å². The van der Waals surface area contributed by atoms with Gasteiger partial charge in [-0.3, -0.25) is 14.3 Å². The molecule has 0 radical (unpaired) electrons. The third-order valence-electron chi connectivity index (χ3n) is 6.09. The van der Waals surface area contributed by atoms with E-state index in [0.717, 1.165) is 17.0 Å². The molecule has 1 aliphatic rings. The van der Waals surface area contributed by atoms with Crippen LogP contribution in [-0.2, 0) is 27.6 Å². The molecule has 1 aromatic carbocycles. The number of benzene rings is 1. The van der Waals surface area contributed by atoms with Gasteiger partial charge in [-0.1, -0.05) is 12.1 Å². The largest absolute Gasteiger partial charge is 0.341 e. The number of nitrogens with one attached hydrogen (secondary N) is 1. The van der Waals surface area contributed by atoms with Crippen molar-refractivity contribution in [3.63, 3.8) is 0 Å². The summed E-state index contributed by atoms with van der Waals surface area (Å²) in [5.74, 6) is 0.711. The van der Waals surface area contributed by atoms with E-state index >= 15 is 0 Å². The Kier molecular flexibility index (Phi) is 5.89. The van der Waals surface area contributed by atoms with Crippen LogP contribution in [0.25, 0.3) is 10.9 Å². The average molecular weight is 458 g/mol. The van der Waals surface area contributed by atoms with Crippen molar-refractivity contribution in [3.05, 3.63) is 57.4 Å². The molecule has 1 fully saturated rings. The highest BCUT2D eigenvalue weighted by Crippen LogP contribution is 2.27. The summed E-state index contributed by atoms with van der Waals surface area (Å²) >= 11 is 0. The molecule has 3 aromatic rings. The first-order chi connectivity index (χ1) is 15.1. The van der Waals surface area contributed by atoms with Crippen molar-refractivity contribution in [2.45, 2.75) is 45.7 Å². The number of hydrogen-bond donors (Lipinski definition) is 1. The van der Waals surface area contributed by atoms with Gasteiger partial charge < -0.3 is 9.88 Å². The molecule has 9 nitrogen and oxygen atoms in total. The molecule has 10 heteroatoms. The van der Waals surface area contributed by atoms with Gasteiger partial charge in [0.1, 0.15) is 5.82 Å². The Morgan fingerprint density at radius 1 is 1.28 bits per heavy atom. The van der Waals surface area contributed by atoms with Crippen LogP contribution in [0.1, 0.15) is 41.7 Å². The minimum atomic E-state index is -3.01. The lowest BCUT2D eigenvalue weighted by molar-refractivity contribution is -0.130. The number of sulfone groups is 1. The number of H-pyrrole nitrogens is 1. The van der Waals surface area contributed by atoms with E-state index in [2.05, 4.69) is 15.1 Å². The number of amides is 1. The minimum absolute atomic E-state index is 0.0733. The van der Waals surface area contributed by atoms with Crippen LogP contribution in [0.3, 0.4) is 0 Å². The highest BCUT2D eigenvalue weighted by Gasteiger charge is 2.31. The zero-order valence-corrected chi connectivity index (χ0v) is 19.3. The maximum absolute atomic E-state index is 12.7. The number of carbonyl (C=O) groups is 1. The van der Waals surface area contributed by atoms with Crippen LogP contribution >= 0.6 is 0 Å². The van der Waals surface area contributed by atoms with Crippen molar-refractivity contribution >= 4 is 26.6 Å². The Morgan fingerprint density at radius 3 is 2.75 bits per heavy atom. The Bertz CT molecular complexity index is 1340. The van der Waals surface area contributed by atoms with E-state index in [9.17, 15) is 18.0 Å². The monoisotopic (exact) mass is 457 g/mol. The fourth-order valence-corrected chi connectivity index (χ4v) is 5.94. The molecular weight excluding hydrogens is 430 g/mol. The molecule has 0 unspecified atom stereocenters. The fourth-order valence-electron chi connectivity index (χ4n) is 4.24. The van der Waals surface area contributed by atoms with E-state index in [-0.39, 0.29) is 35.4 Å². The first-order valence-corrected chi connectivity index (χ1v) is 12.4. The molecule has 0 saturated carbocycles. The van der Waals surface area contributed by atoms with Gasteiger partial charge in [-0.15, -0.1) is 0 Å². The predicted molar refractivity (Wildman–Crippen MR) is 121 cm³/mol. The topological polar surface area (TPSA) is 118 Å². The Hall–Kier alpha value is -3.01. The number of aromatic nitrogens is 4. The summed E-state index contributed by atoms with van der Waals surface area (Å²) < 4.78 is 25.5. The van der Waals surface area contributed by atoms with E-state index in [1.165, 1.54) is 0 Å². The summed E-state index contributed by atoms with van der Waals surface area (Å²) in [5, 5.41) is 5.09. The lowest BCUT2D eigenvalue weighted by Gasteiger charge is -2.18. The molecule has 32 heavy (non-hydrogen) atoms. The Balaban J connectivity index is 1.43. The van der Waals surface area contributed by atoms with E-state index < -0.39 is 9.84 Å². The van der Waals surface area contributed by atoms with E-state index in [1.54, 1.807) is 34.8 Å². The summed E-state index contributed by atoms with van der Waals surface area (Å²) in [6, 6.07) is 6.96. The molecule has 3 heterocycles. The molecule has 0 spiro atoms. The Morgan fingerprint density at radius 2 is 2.03 bits per heavy atom. The predicted octanol–water partition coefficient (Wildman–Crippen LogP) is 1.69. The second kappa shape index (κ2) is 8.50. The number of hydrogen-bond acceptors (Lipinski definition) is 6. The van der Waals surface area contributed by atoms with Gasteiger partial charge in [0.05, 0.1) is 34.1 Å². The third-order valence-corrected chi connectivity index (χ3v) is 7.84. The molecule has 170 valence electrons. The molecule has 1 saturated heterocycles. The second-order valence-corrected chi connectivity index (χ2v) is 10.7. The van der Waals surface area contributed by atoms with Crippen LogP contribution in [0, 0.1) is 13.8 Å². The molecule has 0 bridgehead atoms. The van der Waals surface area contributed by atoms with E-state index in [0.29, 0.717) is 36.1 Å². The maximum atomic E-state index is 12.7. The first kappa shape index (κ1) is 22.2. The molecule has 4 rings (SSSR count). The van der Waals surface area contributed by atoms with Crippen molar-refractivity contribution in [1.82, 2.24) is 24.6 Å². The second-order valence-electron chi connectivity index (χ2n) is 8.43. The van der Waals surface area contributed by atoms with Gasteiger partial charge in [0.2, 0.25) is 5.91 Å². The fraction of sp³-hybridized carbons (Fsp3) is 0.455. The number of nitrogens with zero attached hydrogens (tertiary/aromatic N) is 4. The quantitative estimate of drug-likeness (QED) is 0.602. The maximum Gasteiger partial charge on any atom is 0.258 e. The Labute approximate surface area is 186 Å². The van der Waals surface area contributed by atoms with Gasteiger partial charge in [0.25, 0.3) is 5.56 Å². The lowest BCUT2D eigenvalue weighted by Crippen LogP contribution is -2.27. The molecule has 1 atom stereocenters. The summed E-state index contributed by atoms with van der Waals surface area (Å²) in [4.78, 5) is 33.8. The highest BCUT2D eigenvalue weighted by atomic mass is 32.2. The van der Waals surface area contributed by atoms with Gasteiger partial charge in [0, 0.05) is 37.7 Å². The number of aromatic amines is 1. The van der Waals surface area contributed by atoms with Crippen LogP contribution in [0.2, 0.25) is 0 Å². The smallest absolute Gasteiger partial charge is 0.258 e. The SMILES string of the molecule is Cc1nn([C@H]2CCS(=O)(=O)C2)c(C)c1CN(C)C(=O)CCc1nc2ccccc2c(=O)[nH]1. The van der Waals surface area contributed by atoms with Crippen LogP contribution in [0.15, 0.2) is 29.1 Å². The van der Waals surface area contributed by atoms with Gasteiger partial charge in [-0.2, -0.15) is 5.10 Å². The van der Waals surface area contributed by atoms with Crippen LogP contribution < -0.4 is 5.56 Å². The number of carbonyl (C=O) groups excluding carboxylic acids is 1. The molecule has 2 aromatic heterocycles. The molecule has 0 aliphatic carbocycles. The summed E-state index contributed by atoms with van der Waals surface area (Å²) in [5.41, 5.74) is 3.03. The van der Waals surface area contributed by atoms with Gasteiger partial charge >= 0.3 is 0 Å². The number of fused-ring (bicyclic) bond motifs is 1. The van der Waals surface area contributed by atoms with Crippen LogP contribution in [0.5, 0.6) is 0 Å². The van der Waals surface area contributed by atoms with Crippen molar-refractivity contribution in [3.8, 4) is 0 Å². The zero-order valence-electron chi connectivity index (χ0n) is 18.5. The van der Waals surface area contributed by atoms with Crippen molar-refractivity contribution in [1.29, 1.82) is 0 Å². The molecular formula is C22H27N5O4S. The molecule has 1 amide bonds. The summed E-state index contributed by atoms with van der Waals surface area (Å²) in [7, 11) is -1.28. The van der Waals surface area contributed by atoms with Crippen LogP contribution in [0.4, 0.5) is 0 Å².